The topological polar surface area (TPSA) is 63.4 Å². The molecule has 4 nitrogen and oxygen atoms in total. The average Bonchev–Trinajstić information content (AvgIpc) is 2.94. The molecule has 0 aromatic heterocycles. The fourth-order valence-electron chi connectivity index (χ4n) is 2.55. The number of nitrogens with two attached hydrogens (primary N) is 1. The van der Waals surface area contributed by atoms with Crippen molar-refractivity contribution in [1.29, 1.82) is 0 Å². The largest absolute Gasteiger partial charge is 0.326 e. The van der Waals surface area contributed by atoms with Gasteiger partial charge in [0.1, 0.15) is 5.82 Å². The molecular formula is C13H18ClFN2O2S. The van der Waals surface area contributed by atoms with Gasteiger partial charge in [-0.15, -0.1) is 0 Å². The minimum absolute atomic E-state index is 0.00768. The molecule has 0 saturated heterocycles. The molecule has 1 aliphatic carbocycles. The Labute approximate surface area is 123 Å². The van der Waals surface area contributed by atoms with Gasteiger partial charge < -0.3 is 5.73 Å². The van der Waals surface area contributed by atoms with E-state index in [1.807, 2.05) is 0 Å². The Balaban J connectivity index is 2.41. The Hall–Kier alpha value is -0.690. The first kappa shape index (κ1) is 15.7. The number of halogens is 2. The molecule has 0 spiro atoms. The van der Waals surface area contributed by atoms with E-state index in [0.717, 1.165) is 31.7 Å². The van der Waals surface area contributed by atoms with E-state index in [0.29, 0.717) is 5.56 Å². The van der Waals surface area contributed by atoms with E-state index in [4.69, 9.17) is 17.3 Å². The van der Waals surface area contributed by atoms with Crippen LogP contribution in [0.3, 0.4) is 0 Å². The third kappa shape index (κ3) is 2.83. The third-order valence-corrected chi connectivity index (χ3v) is 6.12. The van der Waals surface area contributed by atoms with Gasteiger partial charge in [-0.2, -0.15) is 4.31 Å². The quantitative estimate of drug-likeness (QED) is 0.927. The van der Waals surface area contributed by atoms with Crippen molar-refractivity contribution in [2.75, 3.05) is 7.05 Å². The molecular weight excluding hydrogens is 303 g/mol. The second kappa shape index (κ2) is 5.97. The Bertz CT molecular complexity index is 601. The highest BCUT2D eigenvalue weighted by Gasteiger charge is 2.30. The smallest absolute Gasteiger partial charge is 0.243 e. The molecule has 2 N–H and O–H groups in total. The summed E-state index contributed by atoms with van der Waals surface area (Å²) in [7, 11) is -2.17. The van der Waals surface area contributed by atoms with Crippen LogP contribution in [0.15, 0.2) is 17.0 Å². The summed E-state index contributed by atoms with van der Waals surface area (Å²) in [4.78, 5) is -0.0887. The lowest BCUT2D eigenvalue weighted by Crippen LogP contribution is -2.35. The van der Waals surface area contributed by atoms with Crippen LogP contribution in [0, 0.1) is 5.82 Å². The van der Waals surface area contributed by atoms with Crippen molar-refractivity contribution < 1.29 is 12.8 Å². The molecule has 112 valence electrons. The molecule has 2 rings (SSSR count). The van der Waals surface area contributed by atoms with E-state index in [2.05, 4.69) is 0 Å². The van der Waals surface area contributed by atoms with Gasteiger partial charge in [0.15, 0.2) is 0 Å². The predicted molar refractivity (Wildman–Crippen MR) is 76.5 cm³/mol. The van der Waals surface area contributed by atoms with E-state index in [1.165, 1.54) is 10.4 Å². The molecule has 7 heteroatoms. The fraction of sp³-hybridized carbons (Fsp3) is 0.538. The number of nitrogens with zero attached hydrogens (tertiary/aromatic N) is 1. The van der Waals surface area contributed by atoms with Crippen molar-refractivity contribution in [3.8, 4) is 0 Å². The standard InChI is InChI=1S/C13H18ClFN2O2S/c1-17(10-4-2-3-5-10)20(18,19)11-6-9(8-16)13(14)12(15)7-11/h6-7,10H,2-5,8,16H2,1H3. The molecule has 0 unspecified atom stereocenters. The van der Waals surface area contributed by atoms with Gasteiger partial charge in [0.2, 0.25) is 10.0 Å². The van der Waals surface area contributed by atoms with Crippen LogP contribution < -0.4 is 5.73 Å². The zero-order valence-corrected chi connectivity index (χ0v) is 12.8. The minimum Gasteiger partial charge on any atom is -0.326 e. The monoisotopic (exact) mass is 320 g/mol. The Morgan fingerprint density at radius 1 is 1.40 bits per heavy atom. The van der Waals surface area contributed by atoms with E-state index < -0.39 is 15.8 Å². The van der Waals surface area contributed by atoms with E-state index >= 15 is 0 Å². The van der Waals surface area contributed by atoms with Gasteiger partial charge in [0.25, 0.3) is 0 Å². The highest BCUT2D eigenvalue weighted by molar-refractivity contribution is 7.89. The van der Waals surface area contributed by atoms with Crippen LogP contribution in [0.2, 0.25) is 5.02 Å². The molecule has 0 heterocycles. The van der Waals surface area contributed by atoms with E-state index in [-0.39, 0.29) is 22.5 Å². The molecule has 20 heavy (non-hydrogen) atoms. The molecule has 1 aromatic rings. The minimum atomic E-state index is -3.72. The first-order valence-electron chi connectivity index (χ1n) is 6.54. The van der Waals surface area contributed by atoms with E-state index in [9.17, 15) is 12.8 Å². The maximum Gasteiger partial charge on any atom is 0.243 e. The summed E-state index contributed by atoms with van der Waals surface area (Å²) in [6.45, 7) is -0.00768. The number of benzene rings is 1. The van der Waals surface area contributed by atoms with Crippen molar-refractivity contribution in [2.24, 2.45) is 5.73 Å². The number of hydrogen-bond acceptors (Lipinski definition) is 3. The summed E-state index contributed by atoms with van der Waals surface area (Å²) in [5.41, 5.74) is 5.77. The van der Waals surface area contributed by atoms with Crippen LogP contribution in [0.25, 0.3) is 0 Å². The first-order valence-corrected chi connectivity index (χ1v) is 8.35. The van der Waals surface area contributed by atoms with Crippen LogP contribution in [0.5, 0.6) is 0 Å². The van der Waals surface area contributed by atoms with Crippen LogP contribution >= 0.6 is 11.6 Å². The molecule has 0 atom stereocenters. The van der Waals surface area contributed by atoms with Crippen molar-refractivity contribution in [3.63, 3.8) is 0 Å². The Morgan fingerprint density at radius 3 is 2.55 bits per heavy atom. The number of sulfonamides is 1. The molecule has 0 bridgehead atoms. The average molecular weight is 321 g/mol. The zero-order valence-electron chi connectivity index (χ0n) is 11.3. The summed E-state index contributed by atoms with van der Waals surface area (Å²) < 4.78 is 40.1. The molecule has 1 aliphatic rings. The third-order valence-electron chi connectivity index (χ3n) is 3.81. The van der Waals surface area contributed by atoms with Crippen molar-refractivity contribution in [2.45, 2.75) is 43.2 Å². The first-order chi connectivity index (χ1) is 9.37. The molecule has 1 saturated carbocycles. The SMILES string of the molecule is CN(C1CCCC1)S(=O)(=O)c1cc(F)c(Cl)c(CN)c1. The summed E-state index contributed by atoms with van der Waals surface area (Å²) in [5, 5.41) is -0.116. The van der Waals surface area contributed by atoms with Gasteiger partial charge in [0.05, 0.1) is 9.92 Å². The molecule has 1 aromatic carbocycles. The Kier molecular flexibility index (Phi) is 4.69. The number of hydrogen-bond donors (Lipinski definition) is 1. The van der Waals surface area contributed by atoms with Crippen molar-refractivity contribution in [3.05, 3.63) is 28.5 Å². The van der Waals surface area contributed by atoms with Gasteiger partial charge >= 0.3 is 0 Å². The summed E-state index contributed by atoms with van der Waals surface area (Å²) in [5.74, 6) is -0.756. The maximum absolute atomic E-state index is 13.7. The fourth-order valence-corrected chi connectivity index (χ4v) is 4.21. The summed E-state index contributed by atoms with van der Waals surface area (Å²) >= 11 is 5.76. The Morgan fingerprint density at radius 2 is 2.00 bits per heavy atom. The molecule has 0 radical (unpaired) electrons. The van der Waals surface area contributed by atoms with Crippen LogP contribution in [-0.4, -0.2) is 25.8 Å². The van der Waals surface area contributed by atoms with Crippen molar-refractivity contribution >= 4 is 21.6 Å². The summed E-state index contributed by atoms with van der Waals surface area (Å²) in [6, 6.07) is 2.30. The van der Waals surface area contributed by atoms with Gasteiger partial charge in [-0.3, -0.25) is 0 Å². The van der Waals surface area contributed by atoms with Crippen LogP contribution in [0.4, 0.5) is 4.39 Å². The second-order valence-electron chi connectivity index (χ2n) is 5.04. The second-order valence-corrected chi connectivity index (χ2v) is 7.42. The lowest BCUT2D eigenvalue weighted by atomic mass is 10.2. The zero-order chi connectivity index (χ0) is 14.9. The normalized spacial score (nSPS) is 17.1. The summed E-state index contributed by atoms with van der Waals surface area (Å²) in [6.07, 6.45) is 3.73. The van der Waals surface area contributed by atoms with Gasteiger partial charge in [-0.1, -0.05) is 24.4 Å². The van der Waals surface area contributed by atoms with Gasteiger partial charge in [0, 0.05) is 19.6 Å². The molecule has 0 amide bonds. The van der Waals surface area contributed by atoms with Crippen LogP contribution in [-0.2, 0) is 16.6 Å². The lowest BCUT2D eigenvalue weighted by Gasteiger charge is -2.24. The lowest BCUT2D eigenvalue weighted by molar-refractivity contribution is 0.372. The van der Waals surface area contributed by atoms with Crippen LogP contribution in [0.1, 0.15) is 31.2 Å². The maximum atomic E-state index is 13.7. The highest BCUT2D eigenvalue weighted by Crippen LogP contribution is 2.30. The molecule has 0 aliphatic heterocycles. The van der Waals surface area contributed by atoms with Crippen molar-refractivity contribution in [1.82, 2.24) is 4.31 Å². The predicted octanol–water partition coefficient (Wildman–Crippen LogP) is 2.50. The highest BCUT2D eigenvalue weighted by atomic mass is 35.5. The molecule has 1 fully saturated rings. The van der Waals surface area contributed by atoms with Gasteiger partial charge in [-0.05, 0) is 30.5 Å². The van der Waals surface area contributed by atoms with Gasteiger partial charge in [-0.25, -0.2) is 12.8 Å². The van der Waals surface area contributed by atoms with E-state index in [1.54, 1.807) is 7.05 Å². The number of rotatable bonds is 4.